The van der Waals surface area contributed by atoms with E-state index in [0.717, 1.165) is 11.1 Å². The molecule has 12 heavy (non-hydrogen) atoms. The van der Waals surface area contributed by atoms with Gasteiger partial charge in [-0.1, -0.05) is 24.3 Å². The van der Waals surface area contributed by atoms with Crippen LogP contribution in [0.1, 0.15) is 11.1 Å². The largest absolute Gasteiger partial charge is 0.392 e. The highest BCUT2D eigenvalue weighted by molar-refractivity contribution is 7.96. The van der Waals surface area contributed by atoms with E-state index in [0.29, 0.717) is 6.42 Å². The zero-order chi connectivity index (χ0) is 8.97. The number of thiol groups is 1. The van der Waals surface area contributed by atoms with E-state index in [-0.39, 0.29) is 11.7 Å². The van der Waals surface area contributed by atoms with Crippen LogP contribution in [0.3, 0.4) is 0 Å². The van der Waals surface area contributed by atoms with Crippen molar-refractivity contribution in [3.8, 4) is 0 Å². The van der Waals surface area contributed by atoms with Gasteiger partial charge < -0.3 is 5.11 Å². The van der Waals surface area contributed by atoms with Gasteiger partial charge in [-0.15, -0.1) is 12.6 Å². The van der Waals surface area contributed by atoms with Crippen molar-refractivity contribution in [3.63, 3.8) is 0 Å². The highest BCUT2D eigenvalue weighted by atomic mass is 32.1. The van der Waals surface area contributed by atoms with Crippen LogP contribution in [0, 0.1) is 0 Å². The van der Waals surface area contributed by atoms with E-state index in [4.69, 9.17) is 5.11 Å². The summed E-state index contributed by atoms with van der Waals surface area (Å²) in [4.78, 5) is 10.6. The van der Waals surface area contributed by atoms with Crippen LogP contribution in [0.15, 0.2) is 24.3 Å². The molecule has 0 atom stereocenters. The minimum Gasteiger partial charge on any atom is -0.392 e. The first kappa shape index (κ1) is 9.29. The predicted octanol–water partition coefficient (Wildman–Crippen LogP) is 1.18. The van der Waals surface area contributed by atoms with Gasteiger partial charge in [-0.3, -0.25) is 4.79 Å². The summed E-state index contributed by atoms with van der Waals surface area (Å²) in [5.41, 5.74) is 1.78. The van der Waals surface area contributed by atoms with E-state index < -0.39 is 0 Å². The topological polar surface area (TPSA) is 37.3 Å². The molecular formula is C9H10O2S. The van der Waals surface area contributed by atoms with Crippen molar-refractivity contribution < 1.29 is 9.90 Å². The normalized spacial score (nSPS) is 9.83. The third kappa shape index (κ3) is 2.68. The molecule has 0 spiro atoms. The van der Waals surface area contributed by atoms with Crippen molar-refractivity contribution >= 4 is 17.7 Å². The molecule has 0 amide bonds. The molecule has 0 unspecified atom stereocenters. The summed E-state index contributed by atoms with van der Waals surface area (Å²) in [5.74, 6) is 0. The number of carbonyl (C=O) groups is 1. The van der Waals surface area contributed by atoms with Crippen LogP contribution in [0.25, 0.3) is 0 Å². The van der Waals surface area contributed by atoms with Crippen molar-refractivity contribution in [2.24, 2.45) is 0 Å². The highest BCUT2D eigenvalue weighted by Gasteiger charge is 1.97. The average molecular weight is 182 g/mol. The number of aliphatic hydroxyl groups is 1. The molecule has 1 aromatic rings. The molecular weight excluding hydrogens is 172 g/mol. The lowest BCUT2D eigenvalue weighted by Gasteiger charge is -1.98. The zero-order valence-electron chi connectivity index (χ0n) is 6.53. The Kier molecular flexibility index (Phi) is 3.31. The lowest BCUT2D eigenvalue weighted by Crippen LogP contribution is -1.93. The molecule has 0 aromatic heterocycles. The van der Waals surface area contributed by atoms with E-state index in [1.807, 2.05) is 12.1 Å². The maximum absolute atomic E-state index is 10.6. The van der Waals surface area contributed by atoms with Gasteiger partial charge in [0.25, 0.3) is 0 Å². The first-order chi connectivity index (χ1) is 5.72. The number of rotatable bonds is 3. The van der Waals surface area contributed by atoms with Crippen LogP contribution in [0.2, 0.25) is 0 Å². The van der Waals surface area contributed by atoms with E-state index in [2.05, 4.69) is 12.6 Å². The third-order valence-corrected chi connectivity index (χ3v) is 1.72. The Morgan fingerprint density at radius 1 is 1.25 bits per heavy atom. The first-order valence-electron chi connectivity index (χ1n) is 3.63. The van der Waals surface area contributed by atoms with Gasteiger partial charge in [0.05, 0.1) is 6.61 Å². The fraction of sp³-hybridized carbons (Fsp3) is 0.222. The third-order valence-electron chi connectivity index (χ3n) is 1.56. The summed E-state index contributed by atoms with van der Waals surface area (Å²) < 4.78 is 0. The van der Waals surface area contributed by atoms with Gasteiger partial charge >= 0.3 is 0 Å². The van der Waals surface area contributed by atoms with E-state index in [1.54, 1.807) is 12.1 Å². The van der Waals surface area contributed by atoms with Gasteiger partial charge in [-0.2, -0.15) is 0 Å². The van der Waals surface area contributed by atoms with E-state index in [9.17, 15) is 4.79 Å². The Balaban J connectivity index is 2.71. The van der Waals surface area contributed by atoms with Gasteiger partial charge in [-0.05, 0) is 11.1 Å². The van der Waals surface area contributed by atoms with Crippen LogP contribution in [-0.2, 0) is 17.8 Å². The van der Waals surface area contributed by atoms with Crippen molar-refractivity contribution in [1.29, 1.82) is 0 Å². The molecule has 1 rings (SSSR count). The van der Waals surface area contributed by atoms with Crippen LogP contribution >= 0.6 is 12.6 Å². The van der Waals surface area contributed by atoms with Crippen LogP contribution in [0.5, 0.6) is 0 Å². The second-order valence-corrected chi connectivity index (χ2v) is 3.04. The molecule has 0 fully saturated rings. The number of aliphatic hydroxyl groups excluding tert-OH is 1. The molecule has 3 heteroatoms. The van der Waals surface area contributed by atoms with Crippen molar-refractivity contribution in [2.45, 2.75) is 13.0 Å². The number of benzene rings is 1. The Labute approximate surface area is 76.6 Å². The molecule has 1 aromatic carbocycles. The molecule has 1 N–H and O–H groups in total. The minimum atomic E-state index is -0.147. The van der Waals surface area contributed by atoms with Gasteiger partial charge in [0.2, 0.25) is 0 Å². The van der Waals surface area contributed by atoms with Gasteiger partial charge in [-0.25, -0.2) is 0 Å². The molecule has 0 heterocycles. The Bertz CT molecular complexity index is 266. The van der Waals surface area contributed by atoms with Crippen LogP contribution in [0.4, 0.5) is 0 Å². The van der Waals surface area contributed by atoms with E-state index in [1.165, 1.54) is 0 Å². The average Bonchev–Trinajstić information content (AvgIpc) is 2.05. The van der Waals surface area contributed by atoms with Crippen LogP contribution < -0.4 is 0 Å². The highest BCUT2D eigenvalue weighted by Crippen LogP contribution is 2.05. The van der Waals surface area contributed by atoms with Gasteiger partial charge in [0, 0.05) is 6.42 Å². The molecule has 0 aliphatic heterocycles. The zero-order valence-corrected chi connectivity index (χ0v) is 7.42. The number of hydrogen-bond donors (Lipinski definition) is 2. The summed E-state index contributed by atoms with van der Waals surface area (Å²) in [6.07, 6.45) is 0.342. The molecule has 0 saturated carbocycles. The summed E-state index contributed by atoms with van der Waals surface area (Å²) in [7, 11) is 0. The quantitative estimate of drug-likeness (QED) is 0.689. The van der Waals surface area contributed by atoms with E-state index >= 15 is 0 Å². The fourth-order valence-corrected chi connectivity index (χ4v) is 1.12. The molecule has 0 bridgehead atoms. The Hall–Kier alpha value is -0.800. The second kappa shape index (κ2) is 4.28. The molecule has 2 nitrogen and oxygen atoms in total. The predicted molar refractivity (Wildman–Crippen MR) is 50.1 cm³/mol. The standard InChI is InChI=1S/C9H10O2S/c10-6-8-3-1-7(2-4-8)5-9(11)12/h1-4,10H,5-6H2,(H,11,12). The summed E-state index contributed by atoms with van der Waals surface area (Å²) in [6, 6.07) is 7.23. The molecule has 0 aliphatic carbocycles. The molecule has 64 valence electrons. The smallest absolute Gasteiger partial charge is 0.190 e. The van der Waals surface area contributed by atoms with Crippen molar-refractivity contribution in [3.05, 3.63) is 35.4 Å². The Morgan fingerprint density at radius 2 is 1.75 bits per heavy atom. The number of hydrogen-bond acceptors (Lipinski definition) is 2. The first-order valence-corrected chi connectivity index (χ1v) is 4.07. The maximum Gasteiger partial charge on any atom is 0.190 e. The lowest BCUT2D eigenvalue weighted by atomic mass is 10.1. The minimum absolute atomic E-state index is 0.0368. The molecule has 0 saturated heterocycles. The molecule has 0 radical (unpaired) electrons. The van der Waals surface area contributed by atoms with Gasteiger partial charge in [0.1, 0.15) is 0 Å². The molecule has 0 aliphatic rings. The summed E-state index contributed by atoms with van der Waals surface area (Å²) >= 11 is 3.67. The van der Waals surface area contributed by atoms with Crippen LogP contribution in [-0.4, -0.2) is 10.2 Å². The summed E-state index contributed by atoms with van der Waals surface area (Å²) in [6.45, 7) is 0.0368. The summed E-state index contributed by atoms with van der Waals surface area (Å²) in [5, 5.41) is 8.58. The SMILES string of the molecule is O=C(S)Cc1ccc(CO)cc1. The maximum atomic E-state index is 10.6. The Morgan fingerprint density at radius 3 is 2.17 bits per heavy atom. The number of carbonyl (C=O) groups excluding carboxylic acids is 1. The van der Waals surface area contributed by atoms with Gasteiger partial charge in [0.15, 0.2) is 5.12 Å². The van der Waals surface area contributed by atoms with Crippen molar-refractivity contribution in [1.82, 2.24) is 0 Å². The lowest BCUT2D eigenvalue weighted by molar-refractivity contribution is -0.110. The fourth-order valence-electron chi connectivity index (χ4n) is 0.937. The van der Waals surface area contributed by atoms with Crippen molar-refractivity contribution in [2.75, 3.05) is 0 Å². The second-order valence-electron chi connectivity index (χ2n) is 2.55. The monoisotopic (exact) mass is 182 g/mol.